The zero-order valence-electron chi connectivity index (χ0n) is 17.9. The van der Waals surface area contributed by atoms with E-state index in [0.29, 0.717) is 40.5 Å². The molecule has 33 heavy (non-hydrogen) atoms. The maximum absolute atomic E-state index is 10.6. The maximum atomic E-state index is 10.6. The monoisotopic (exact) mass is 489 g/mol. The molecule has 0 saturated carbocycles. The maximum Gasteiger partial charge on any atom is 0.304 e. The quantitative estimate of drug-likeness (QED) is 0.324. The van der Waals surface area contributed by atoms with Crippen molar-refractivity contribution >= 4 is 40.1 Å². The van der Waals surface area contributed by atoms with Crippen LogP contribution in [0.4, 0.5) is 0 Å². The van der Waals surface area contributed by atoms with Crippen LogP contribution in [-0.2, 0) is 11.3 Å². The molecule has 0 fully saturated rings. The highest BCUT2D eigenvalue weighted by molar-refractivity contribution is 6.35. The van der Waals surface area contributed by atoms with E-state index in [1.165, 1.54) is 0 Å². The van der Waals surface area contributed by atoms with Gasteiger partial charge in [-0.05, 0) is 42.8 Å². The van der Waals surface area contributed by atoms with Crippen molar-refractivity contribution in [3.8, 4) is 23.3 Å². The van der Waals surface area contributed by atoms with Crippen molar-refractivity contribution in [3.05, 3.63) is 52.3 Å². The van der Waals surface area contributed by atoms with Crippen LogP contribution in [0.3, 0.4) is 0 Å². The fourth-order valence-corrected chi connectivity index (χ4v) is 3.68. The number of pyridine rings is 1. The highest BCUT2D eigenvalue weighted by Crippen LogP contribution is 2.31. The zero-order valence-corrected chi connectivity index (χ0v) is 19.4. The van der Waals surface area contributed by atoms with Crippen LogP contribution in [0.2, 0.25) is 10.0 Å². The van der Waals surface area contributed by atoms with Crippen LogP contribution in [0.25, 0.3) is 28.3 Å². The Bertz CT molecular complexity index is 1300. The minimum Gasteiger partial charge on any atom is -0.481 e. The molecule has 9 nitrogen and oxygen atoms in total. The number of carbonyl (C=O) groups is 1. The van der Waals surface area contributed by atoms with Crippen LogP contribution in [0.5, 0.6) is 5.88 Å². The number of nitrogens with one attached hydrogen (secondary N) is 1. The predicted octanol–water partition coefficient (Wildman–Crippen LogP) is 4.73. The molecule has 4 rings (SSSR count). The van der Waals surface area contributed by atoms with Gasteiger partial charge in [0.25, 0.3) is 11.8 Å². The number of carboxylic acids is 1. The highest BCUT2D eigenvalue weighted by atomic mass is 35.5. The van der Waals surface area contributed by atoms with Gasteiger partial charge >= 0.3 is 5.97 Å². The van der Waals surface area contributed by atoms with E-state index >= 15 is 0 Å². The number of ether oxygens (including phenoxy) is 1. The summed E-state index contributed by atoms with van der Waals surface area (Å²) in [5, 5.41) is 17.6. The normalized spacial score (nSPS) is 11.4. The number of hydrogen-bond donors (Lipinski definition) is 2. The third kappa shape index (κ3) is 5.27. The predicted molar refractivity (Wildman–Crippen MR) is 124 cm³/mol. The van der Waals surface area contributed by atoms with Crippen molar-refractivity contribution in [2.45, 2.75) is 32.9 Å². The Kier molecular flexibility index (Phi) is 6.83. The second-order valence-corrected chi connectivity index (χ2v) is 8.41. The number of carboxylic acid groups (broad SMARTS) is 1. The molecule has 0 atom stereocenters. The molecule has 0 aliphatic carbocycles. The summed E-state index contributed by atoms with van der Waals surface area (Å²) < 4.78 is 12.7. The van der Waals surface area contributed by atoms with Gasteiger partial charge in [0.05, 0.1) is 28.6 Å². The lowest BCUT2D eigenvalue weighted by Gasteiger charge is -2.09. The molecule has 4 aromatic rings. The summed E-state index contributed by atoms with van der Waals surface area (Å²) in [7, 11) is 0. The van der Waals surface area contributed by atoms with Crippen molar-refractivity contribution in [2.24, 2.45) is 0 Å². The molecule has 2 N–H and O–H groups in total. The van der Waals surface area contributed by atoms with E-state index in [1.807, 2.05) is 32.0 Å². The number of aromatic nitrogens is 4. The van der Waals surface area contributed by atoms with Crippen LogP contribution in [-0.4, -0.2) is 43.4 Å². The van der Waals surface area contributed by atoms with Crippen LogP contribution < -0.4 is 10.1 Å². The van der Waals surface area contributed by atoms with Gasteiger partial charge < -0.3 is 19.7 Å². The first-order chi connectivity index (χ1) is 15.8. The first-order valence-electron chi connectivity index (χ1n) is 10.2. The van der Waals surface area contributed by atoms with Crippen molar-refractivity contribution in [1.29, 1.82) is 0 Å². The van der Waals surface area contributed by atoms with Crippen molar-refractivity contribution in [1.82, 2.24) is 25.0 Å². The summed E-state index contributed by atoms with van der Waals surface area (Å²) in [5.74, 6) is 0.0719. The summed E-state index contributed by atoms with van der Waals surface area (Å²) in [6, 6.07) is 7.44. The molecular weight excluding hydrogens is 469 g/mol. The molecule has 3 aromatic heterocycles. The van der Waals surface area contributed by atoms with E-state index in [0.717, 1.165) is 16.5 Å². The first-order valence-corrected chi connectivity index (χ1v) is 11.0. The largest absolute Gasteiger partial charge is 0.481 e. The number of nitrogens with zero attached hydrogens (tertiary/aromatic N) is 4. The molecule has 0 spiro atoms. The van der Waals surface area contributed by atoms with Crippen LogP contribution in [0, 0.1) is 0 Å². The van der Waals surface area contributed by atoms with E-state index in [1.54, 1.807) is 23.0 Å². The van der Waals surface area contributed by atoms with Crippen molar-refractivity contribution in [2.75, 3.05) is 6.54 Å². The summed E-state index contributed by atoms with van der Waals surface area (Å²) in [6.45, 7) is 4.70. The van der Waals surface area contributed by atoms with Crippen LogP contribution in [0.1, 0.15) is 25.8 Å². The van der Waals surface area contributed by atoms with Gasteiger partial charge in [0.1, 0.15) is 5.02 Å². The summed E-state index contributed by atoms with van der Waals surface area (Å²) >= 11 is 12.7. The average molecular weight is 490 g/mol. The second-order valence-electron chi connectivity index (χ2n) is 7.60. The Balaban J connectivity index is 1.56. The first kappa shape index (κ1) is 23.0. The van der Waals surface area contributed by atoms with E-state index in [2.05, 4.69) is 20.4 Å². The molecule has 0 unspecified atom stereocenters. The molecule has 0 amide bonds. The van der Waals surface area contributed by atoms with Gasteiger partial charge in [-0.15, -0.1) is 0 Å². The zero-order chi connectivity index (χ0) is 23.5. The molecule has 1 aromatic carbocycles. The number of fused-ring (bicyclic) bond motifs is 1. The molecule has 0 bridgehead atoms. The average Bonchev–Trinajstić information content (AvgIpc) is 3.37. The van der Waals surface area contributed by atoms with E-state index in [-0.39, 0.29) is 18.4 Å². The number of hydrogen-bond acceptors (Lipinski definition) is 7. The van der Waals surface area contributed by atoms with Gasteiger partial charge in [-0.1, -0.05) is 29.3 Å². The molecule has 0 radical (unpaired) electrons. The molecule has 0 saturated heterocycles. The molecule has 0 aliphatic rings. The molecular formula is C22H21Cl2N5O4. The van der Waals surface area contributed by atoms with Gasteiger partial charge in [-0.25, -0.2) is 4.98 Å². The standard InChI is InChI=1S/C22H21Cl2N5O4/c1-12(2)32-21-16(23)8-14(10-26-21)20-27-22(28-33-20)29-11-17(24)15-7-13(3-4-18(15)29)9-25-6-5-19(30)31/h3-4,7-8,10-12,25H,5-6,9H2,1-2H3,(H,30,31). The Labute approximate surface area is 199 Å². The van der Waals surface area contributed by atoms with E-state index < -0.39 is 5.97 Å². The van der Waals surface area contributed by atoms with Crippen molar-refractivity contribution < 1.29 is 19.2 Å². The number of halogens is 2. The molecule has 0 aliphatic heterocycles. The fourth-order valence-electron chi connectivity index (χ4n) is 3.22. The number of rotatable bonds is 9. The van der Waals surface area contributed by atoms with Crippen LogP contribution >= 0.6 is 23.2 Å². The number of benzene rings is 1. The van der Waals surface area contributed by atoms with Crippen molar-refractivity contribution in [3.63, 3.8) is 0 Å². The topological polar surface area (TPSA) is 115 Å². The van der Waals surface area contributed by atoms with Gasteiger partial charge in [0.2, 0.25) is 5.88 Å². The summed E-state index contributed by atoms with van der Waals surface area (Å²) in [6.07, 6.45) is 3.29. The minimum atomic E-state index is -0.838. The Morgan fingerprint density at radius 3 is 2.82 bits per heavy atom. The van der Waals surface area contributed by atoms with E-state index in [4.69, 9.17) is 37.6 Å². The van der Waals surface area contributed by atoms with Gasteiger partial charge in [-0.3, -0.25) is 9.36 Å². The molecule has 172 valence electrons. The lowest BCUT2D eigenvalue weighted by atomic mass is 10.1. The van der Waals surface area contributed by atoms with Gasteiger partial charge in [-0.2, -0.15) is 4.98 Å². The second kappa shape index (κ2) is 9.78. The molecule has 11 heteroatoms. The third-order valence-corrected chi connectivity index (χ3v) is 5.27. The highest BCUT2D eigenvalue weighted by Gasteiger charge is 2.17. The third-order valence-electron chi connectivity index (χ3n) is 4.70. The van der Waals surface area contributed by atoms with Crippen LogP contribution in [0.15, 0.2) is 41.2 Å². The fraction of sp³-hybridized carbons (Fsp3) is 0.273. The SMILES string of the molecule is CC(C)Oc1ncc(-c2nc(-n3cc(Cl)c4cc(CNCCC(=O)O)ccc43)no2)cc1Cl. The van der Waals surface area contributed by atoms with Gasteiger partial charge in [0, 0.05) is 30.9 Å². The summed E-state index contributed by atoms with van der Waals surface area (Å²) in [4.78, 5) is 19.3. The lowest BCUT2D eigenvalue weighted by Crippen LogP contribution is -2.17. The van der Waals surface area contributed by atoms with Gasteiger partial charge in [0.15, 0.2) is 0 Å². The van der Waals surface area contributed by atoms with E-state index in [9.17, 15) is 4.79 Å². The number of aliphatic carboxylic acids is 1. The lowest BCUT2D eigenvalue weighted by molar-refractivity contribution is -0.136. The smallest absolute Gasteiger partial charge is 0.304 e. The molecule has 3 heterocycles. The summed E-state index contributed by atoms with van der Waals surface area (Å²) in [5.41, 5.74) is 2.34. The Morgan fingerprint density at radius 1 is 1.27 bits per heavy atom. The Hall–Kier alpha value is -3.14. The minimum absolute atomic E-state index is 0.0522. The Morgan fingerprint density at radius 2 is 2.09 bits per heavy atom.